The van der Waals surface area contributed by atoms with Crippen LogP contribution in [0.3, 0.4) is 0 Å². The Balaban J connectivity index is 2.19. The third-order valence-electron chi connectivity index (χ3n) is 3.36. The molecular weight excluding hydrogens is 198 g/mol. The molecule has 1 N–H and O–H groups in total. The second-order valence-electron chi connectivity index (χ2n) is 4.59. The van der Waals surface area contributed by atoms with Crippen molar-refractivity contribution in [1.82, 2.24) is 0 Å². The van der Waals surface area contributed by atoms with Gasteiger partial charge in [-0.3, -0.25) is 0 Å². The molecule has 0 spiro atoms. The highest BCUT2D eigenvalue weighted by Gasteiger charge is 2.16. The molecule has 2 rings (SSSR count). The molecule has 0 radical (unpaired) electrons. The molecule has 1 heterocycles. The molecule has 0 aliphatic carbocycles. The Bertz CT molecular complexity index is 337. The monoisotopic (exact) mass is 219 g/mol. The van der Waals surface area contributed by atoms with Gasteiger partial charge in [0, 0.05) is 18.8 Å². The van der Waals surface area contributed by atoms with Crippen molar-refractivity contribution in [3.05, 3.63) is 29.8 Å². The van der Waals surface area contributed by atoms with E-state index in [0.717, 1.165) is 19.5 Å². The van der Waals surface area contributed by atoms with Crippen LogP contribution in [0.4, 0.5) is 5.69 Å². The quantitative estimate of drug-likeness (QED) is 0.844. The molecule has 0 amide bonds. The minimum Gasteiger partial charge on any atom is -0.391 e. The summed E-state index contributed by atoms with van der Waals surface area (Å²) in [4.78, 5) is 2.34. The Kier molecular flexibility index (Phi) is 3.83. The summed E-state index contributed by atoms with van der Waals surface area (Å²) in [5.74, 6) is 0. The number of anilines is 1. The zero-order valence-corrected chi connectivity index (χ0v) is 10.0. The lowest BCUT2D eigenvalue weighted by atomic mass is 10.1. The van der Waals surface area contributed by atoms with Gasteiger partial charge in [0.15, 0.2) is 0 Å². The lowest BCUT2D eigenvalue weighted by Crippen LogP contribution is -2.32. The molecule has 1 aliphatic heterocycles. The van der Waals surface area contributed by atoms with Crippen molar-refractivity contribution in [3.63, 3.8) is 0 Å². The first-order valence-electron chi connectivity index (χ1n) is 6.32. The van der Waals surface area contributed by atoms with Crippen LogP contribution < -0.4 is 4.90 Å². The van der Waals surface area contributed by atoms with Crippen LogP contribution in [0, 0.1) is 0 Å². The van der Waals surface area contributed by atoms with E-state index in [1.54, 1.807) is 0 Å². The summed E-state index contributed by atoms with van der Waals surface area (Å²) in [6.45, 7) is 3.88. The Morgan fingerprint density at radius 1 is 1.31 bits per heavy atom. The number of hydrogen-bond donors (Lipinski definition) is 1. The molecule has 0 fully saturated rings. The number of aryl methyl sites for hydroxylation is 1. The van der Waals surface area contributed by atoms with E-state index in [4.69, 9.17) is 0 Å². The summed E-state index contributed by atoms with van der Waals surface area (Å²) < 4.78 is 0. The Morgan fingerprint density at radius 2 is 2.12 bits per heavy atom. The van der Waals surface area contributed by atoms with E-state index in [0.29, 0.717) is 0 Å². The zero-order chi connectivity index (χ0) is 11.4. The largest absolute Gasteiger partial charge is 0.391 e. The second kappa shape index (κ2) is 5.35. The fraction of sp³-hybridized carbons (Fsp3) is 0.571. The predicted molar refractivity (Wildman–Crippen MR) is 67.9 cm³/mol. The third kappa shape index (κ3) is 2.56. The molecule has 1 aromatic rings. The van der Waals surface area contributed by atoms with Crippen LogP contribution in [-0.4, -0.2) is 24.3 Å². The van der Waals surface area contributed by atoms with Crippen molar-refractivity contribution in [2.45, 2.75) is 38.7 Å². The number of hydrogen-bond acceptors (Lipinski definition) is 2. The van der Waals surface area contributed by atoms with E-state index in [2.05, 4.69) is 29.2 Å². The lowest BCUT2D eigenvalue weighted by molar-refractivity contribution is 0.175. The normalized spacial score (nSPS) is 17.8. The molecule has 0 aromatic heterocycles. The smallest absolute Gasteiger partial charge is 0.0712 e. The molecule has 1 aliphatic rings. The summed E-state index contributed by atoms with van der Waals surface area (Å²) in [5, 5.41) is 9.79. The molecule has 1 atom stereocenters. The van der Waals surface area contributed by atoms with Crippen LogP contribution in [0.15, 0.2) is 24.3 Å². The van der Waals surface area contributed by atoms with Crippen molar-refractivity contribution in [2.24, 2.45) is 0 Å². The van der Waals surface area contributed by atoms with E-state index < -0.39 is 0 Å². The molecule has 16 heavy (non-hydrogen) atoms. The average molecular weight is 219 g/mol. The maximum absolute atomic E-state index is 9.79. The van der Waals surface area contributed by atoms with Crippen molar-refractivity contribution < 1.29 is 5.11 Å². The van der Waals surface area contributed by atoms with Crippen molar-refractivity contribution in [1.29, 1.82) is 0 Å². The van der Waals surface area contributed by atoms with Gasteiger partial charge in [0.2, 0.25) is 0 Å². The highest BCUT2D eigenvalue weighted by Crippen LogP contribution is 2.26. The first kappa shape index (κ1) is 11.5. The molecule has 2 nitrogen and oxygen atoms in total. The molecule has 2 heteroatoms. The highest BCUT2D eigenvalue weighted by molar-refractivity contribution is 5.54. The van der Waals surface area contributed by atoms with Crippen LogP contribution in [-0.2, 0) is 6.42 Å². The number of nitrogens with zero attached hydrogens (tertiary/aromatic N) is 1. The minimum atomic E-state index is -0.203. The van der Waals surface area contributed by atoms with Gasteiger partial charge in [0.1, 0.15) is 0 Å². The molecule has 1 unspecified atom stereocenters. The number of benzene rings is 1. The topological polar surface area (TPSA) is 23.5 Å². The van der Waals surface area contributed by atoms with E-state index >= 15 is 0 Å². The Morgan fingerprint density at radius 3 is 2.94 bits per heavy atom. The Hall–Kier alpha value is -1.02. The van der Waals surface area contributed by atoms with E-state index in [1.165, 1.54) is 30.5 Å². The summed E-state index contributed by atoms with van der Waals surface area (Å²) >= 11 is 0. The number of aliphatic hydroxyl groups is 1. The molecular formula is C14H21NO. The maximum Gasteiger partial charge on any atom is 0.0712 e. The maximum atomic E-state index is 9.79. The van der Waals surface area contributed by atoms with E-state index in [9.17, 15) is 5.11 Å². The van der Waals surface area contributed by atoms with Gasteiger partial charge >= 0.3 is 0 Å². The summed E-state index contributed by atoms with van der Waals surface area (Å²) in [6, 6.07) is 8.60. The molecule has 0 saturated carbocycles. The number of fused-ring (bicyclic) bond motifs is 1. The van der Waals surface area contributed by atoms with Crippen molar-refractivity contribution in [3.8, 4) is 0 Å². The summed E-state index contributed by atoms with van der Waals surface area (Å²) in [5.41, 5.74) is 2.76. The van der Waals surface area contributed by atoms with Gasteiger partial charge in [-0.15, -0.1) is 0 Å². The van der Waals surface area contributed by atoms with Crippen molar-refractivity contribution >= 4 is 5.69 Å². The number of para-hydroxylation sites is 1. The predicted octanol–water partition coefficient (Wildman–Crippen LogP) is 2.60. The third-order valence-corrected chi connectivity index (χ3v) is 3.36. The SMILES string of the molecule is CCC(O)CN1CCCCc2ccccc21. The average Bonchev–Trinajstić information content (AvgIpc) is 2.52. The molecule has 0 saturated heterocycles. The number of aliphatic hydroxyl groups excluding tert-OH is 1. The van der Waals surface area contributed by atoms with Gasteiger partial charge in [0.05, 0.1) is 6.10 Å². The van der Waals surface area contributed by atoms with Crippen molar-refractivity contribution in [2.75, 3.05) is 18.0 Å². The van der Waals surface area contributed by atoms with Gasteiger partial charge in [-0.25, -0.2) is 0 Å². The molecule has 0 bridgehead atoms. The zero-order valence-electron chi connectivity index (χ0n) is 10.0. The summed E-state index contributed by atoms with van der Waals surface area (Å²) in [6.07, 6.45) is 4.29. The minimum absolute atomic E-state index is 0.203. The van der Waals surface area contributed by atoms with Gasteiger partial charge in [0.25, 0.3) is 0 Å². The fourth-order valence-electron chi connectivity index (χ4n) is 2.34. The van der Waals surface area contributed by atoms with Gasteiger partial charge < -0.3 is 10.0 Å². The van der Waals surface area contributed by atoms with Crippen LogP contribution in [0.5, 0.6) is 0 Å². The van der Waals surface area contributed by atoms with Gasteiger partial charge in [-0.2, -0.15) is 0 Å². The standard InChI is InChI=1S/C14H21NO/c1-2-13(16)11-15-10-6-5-8-12-7-3-4-9-14(12)15/h3-4,7,9,13,16H,2,5-6,8,10-11H2,1H3. The summed E-state index contributed by atoms with van der Waals surface area (Å²) in [7, 11) is 0. The van der Waals surface area contributed by atoms with Crippen LogP contribution in [0.2, 0.25) is 0 Å². The highest BCUT2D eigenvalue weighted by atomic mass is 16.3. The van der Waals surface area contributed by atoms with Crippen LogP contribution in [0.1, 0.15) is 31.7 Å². The first-order valence-corrected chi connectivity index (χ1v) is 6.32. The molecule has 88 valence electrons. The first-order chi connectivity index (χ1) is 7.81. The van der Waals surface area contributed by atoms with Gasteiger partial charge in [-0.1, -0.05) is 25.1 Å². The van der Waals surface area contributed by atoms with Crippen LogP contribution in [0.25, 0.3) is 0 Å². The van der Waals surface area contributed by atoms with Gasteiger partial charge in [-0.05, 0) is 37.3 Å². The van der Waals surface area contributed by atoms with Crippen LogP contribution >= 0.6 is 0 Å². The van der Waals surface area contributed by atoms with E-state index in [-0.39, 0.29) is 6.10 Å². The number of rotatable bonds is 3. The number of β-amino-alcohol motifs (C(OH)–C–C–N with tert-alkyl or cyclic N) is 1. The second-order valence-corrected chi connectivity index (χ2v) is 4.59. The molecule has 1 aromatic carbocycles. The Labute approximate surface area is 97.9 Å². The lowest BCUT2D eigenvalue weighted by Gasteiger charge is -2.27. The van der Waals surface area contributed by atoms with E-state index in [1.807, 2.05) is 6.92 Å². The fourth-order valence-corrected chi connectivity index (χ4v) is 2.34.